The monoisotopic (exact) mass is 493 g/mol. The number of hydrazine groups is 1. The number of nitrogens with zero attached hydrogens (tertiary/aromatic N) is 1. The Hall–Kier alpha value is -3.99. The van der Waals surface area contributed by atoms with Crippen LogP contribution in [0.2, 0.25) is 5.02 Å². The van der Waals surface area contributed by atoms with Gasteiger partial charge in [0.1, 0.15) is 17.1 Å². The van der Waals surface area contributed by atoms with Crippen molar-refractivity contribution in [3.63, 3.8) is 0 Å². The molecule has 1 aromatic rings. The molecule has 0 saturated heterocycles. The Labute approximate surface area is 200 Å². The molecule has 0 saturated carbocycles. The summed E-state index contributed by atoms with van der Waals surface area (Å²) >= 11 is 6.33. The van der Waals surface area contributed by atoms with E-state index in [1.165, 1.54) is 42.5 Å². The van der Waals surface area contributed by atoms with Crippen LogP contribution in [0.15, 0.2) is 41.8 Å². The number of nitrogens with one attached hydrogen (secondary N) is 2. The first kappa shape index (κ1) is 26.3. The number of benzene rings is 1. The number of hydrogen-bond acceptors (Lipinski definition) is 9. The third-order valence-corrected chi connectivity index (χ3v) is 4.98. The Morgan fingerprint density at radius 1 is 1.03 bits per heavy atom. The van der Waals surface area contributed by atoms with Crippen LogP contribution in [0.1, 0.15) is 22.8 Å². The van der Waals surface area contributed by atoms with E-state index in [1.54, 1.807) is 13.8 Å². The molecule has 0 aliphatic carbocycles. The molecule has 2 rings (SSSR count). The highest BCUT2D eigenvalue weighted by molar-refractivity contribution is 6.32. The fourth-order valence-corrected chi connectivity index (χ4v) is 3.25. The fourth-order valence-electron chi connectivity index (χ4n) is 3.06. The third-order valence-electron chi connectivity index (χ3n) is 4.59. The van der Waals surface area contributed by atoms with Crippen LogP contribution < -0.4 is 20.5 Å². The van der Waals surface area contributed by atoms with Crippen LogP contribution in [0.5, 0.6) is 5.75 Å². The molecule has 2 N–H and O–H groups in total. The van der Waals surface area contributed by atoms with Gasteiger partial charge in [0.15, 0.2) is 0 Å². The van der Waals surface area contributed by atoms with Gasteiger partial charge in [0, 0.05) is 17.3 Å². The summed E-state index contributed by atoms with van der Waals surface area (Å²) in [6.45, 7) is 3.25. The number of amides is 2. The number of esters is 2. The van der Waals surface area contributed by atoms with Crippen LogP contribution in [0.25, 0.3) is 0 Å². The van der Waals surface area contributed by atoms with Crippen molar-refractivity contribution < 1.29 is 38.1 Å². The number of methoxy groups -OCH3 is 3. The number of ether oxygens (including phenoxy) is 4. The summed E-state index contributed by atoms with van der Waals surface area (Å²) in [6.07, 6.45) is 4.95. The molecule has 182 valence electrons. The van der Waals surface area contributed by atoms with Gasteiger partial charge in [-0.2, -0.15) is 0 Å². The zero-order valence-corrected chi connectivity index (χ0v) is 19.9. The lowest BCUT2D eigenvalue weighted by atomic mass is 10.0. The minimum absolute atomic E-state index is 0.0503. The second-order valence-electron chi connectivity index (χ2n) is 6.52. The quantitative estimate of drug-likeness (QED) is 0.348. The molecule has 1 heterocycles. The first-order valence-electron chi connectivity index (χ1n) is 9.86. The molecule has 1 aliphatic heterocycles. The van der Waals surface area contributed by atoms with Gasteiger partial charge >= 0.3 is 18.0 Å². The molecule has 2 amide bonds. The smallest absolute Gasteiger partial charge is 0.426 e. The second kappa shape index (κ2) is 11.8. The number of hydrogen-bond donors (Lipinski definition) is 2. The lowest BCUT2D eigenvalue weighted by molar-refractivity contribution is -0.139. The average Bonchev–Trinajstić information content (AvgIpc) is 3.05. The van der Waals surface area contributed by atoms with E-state index < -0.39 is 23.9 Å². The highest BCUT2D eigenvalue weighted by Crippen LogP contribution is 2.41. The van der Waals surface area contributed by atoms with Crippen molar-refractivity contribution in [2.45, 2.75) is 13.8 Å². The molecule has 34 heavy (non-hydrogen) atoms. The van der Waals surface area contributed by atoms with Crippen LogP contribution in [0.4, 0.5) is 10.5 Å². The molecule has 1 aliphatic rings. The van der Waals surface area contributed by atoms with E-state index in [-0.39, 0.29) is 39.9 Å². The van der Waals surface area contributed by atoms with Crippen molar-refractivity contribution in [1.29, 1.82) is 0 Å². The zero-order chi connectivity index (χ0) is 25.4. The first-order valence-corrected chi connectivity index (χ1v) is 10.2. The summed E-state index contributed by atoms with van der Waals surface area (Å²) in [5, 5.41) is 0.176. The molecule has 0 bridgehead atoms. The van der Waals surface area contributed by atoms with Crippen molar-refractivity contribution in [1.82, 2.24) is 10.9 Å². The molecule has 0 unspecified atom stereocenters. The summed E-state index contributed by atoms with van der Waals surface area (Å²) < 4.78 is 19.9. The summed E-state index contributed by atoms with van der Waals surface area (Å²) in [6, 6.07) is 1.45. The van der Waals surface area contributed by atoms with E-state index in [9.17, 15) is 19.2 Å². The van der Waals surface area contributed by atoms with E-state index in [4.69, 9.17) is 30.5 Å². The first-order chi connectivity index (χ1) is 16.2. The van der Waals surface area contributed by atoms with E-state index in [0.29, 0.717) is 5.56 Å². The van der Waals surface area contributed by atoms with Gasteiger partial charge in [-0.1, -0.05) is 17.7 Å². The highest BCUT2D eigenvalue weighted by Gasteiger charge is 2.33. The maximum absolute atomic E-state index is 13.2. The lowest BCUT2D eigenvalue weighted by Gasteiger charge is -2.28. The van der Waals surface area contributed by atoms with E-state index >= 15 is 0 Å². The zero-order valence-electron chi connectivity index (χ0n) is 19.2. The van der Waals surface area contributed by atoms with E-state index in [2.05, 4.69) is 10.9 Å². The highest BCUT2D eigenvalue weighted by atomic mass is 35.5. The fraction of sp³-hybridized carbons (Fsp3) is 0.273. The molecule has 0 aromatic heterocycles. The van der Waals surface area contributed by atoms with Crippen LogP contribution in [0, 0.1) is 6.92 Å². The Morgan fingerprint density at radius 3 is 2.29 bits per heavy atom. The molecule has 0 radical (unpaired) electrons. The SMILES string of the molecule is CCOC(=O)NNC(=O)c1c(C)c(Cl)cc(OC)c1N1C=CC=CC(C(=O)OC)=C1C(=O)OC. The summed E-state index contributed by atoms with van der Waals surface area (Å²) in [7, 11) is 3.64. The molecular weight excluding hydrogens is 470 g/mol. The van der Waals surface area contributed by atoms with Crippen LogP contribution in [0.3, 0.4) is 0 Å². The van der Waals surface area contributed by atoms with Gasteiger partial charge in [-0.15, -0.1) is 0 Å². The Bertz CT molecular complexity index is 1090. The standard InChI is InChI=1S/C22H24ClN3O8/c1-6-34-22(30)25-24-19(27)16-12(2)14(23)11-15(31-3)18(16)26-10-8-7-9-13(20(28)32-4)17(26)21(29)33-5/h7-11H,6H2,1-5H3,(H,24,27)(H,25,30). The second-order valence-corrected chi connectivity index (χ2v) is 6.93. The topological polar surface area (TPSA) is 132 Å². The van der Waals surface area contributed by atoms with Gasteiger partial charge in [-0.3, -0.25) is 10.2 Å². The van der Waals surface area contributed by atoms with Gasteiger partial charge < -0.3 is 23.8 Å². The molecule has 1 aromatic carbocycles. The van der Waals surface area contributed by atoms with Crippen LogP contribution in [-0.2, 0) is 23.8 Å². The maximum atomic E-state index is 13.2. The maximum Gasteiger partial charge on any atom is 0.426 e. The van der Waals surface area contributed by atoms with Gasteiger partial charge in [0.2, 0.25) is 0 Å². The normalized spacial score (nSPS) is 12.6. The summed E-state index contributed by atoms with van der Waals surface area (Å²) in [4.78, 5) is 51.4. The Balaban J connectivity index is 2.80. The average molecular weight is 494 g/mol. The van der Waals surface area contributed by atoms with Crippen molar-refractivity contribution in [2.24, 2.45) is 0 Å². The number of rotatable bonds is 6. The minimum atomic E-state index is -0.887. The molecule has 0 spiro atoms. The summed E-state index contributed by atoms with van der Waals surface area (Å²) in [5.74, 6) is -2.41. The lowest BCUT2D eigenvalue weighted by Crippen LogP contribution is -2.42. The van der Waals surface area contributed by atoms with Gasteiger partial charge in [0.25, 0.3) is 5.91 Å². The van der Waals surface area contributed by atoms with Crippen LogP contribution >= 0.6 is 11.6 Å². The predicted molar refractivity (Wildman–Crippen MR) is 122 cm³/mol. The van der Waals surface area contributed by atoms with Crippen molar-refractivity contribution in [3.05, 3.63) is 57.9 Å². The van der Waals surface area contributed by atoms with Crippen molar-refractivity contribution in [2.75, 3.05) is 32.8 Å². The molecule has 12 heteroatoms. The predicted octanol–water partition coefficient (Wildman–Crippen LogP) is 2.54. The van der Waals surface area contributed by atoms with E-state index in [1.807, 2.05) is 0 Å². The Morgan fingerprint density at radius 2 is 1.71 bits per heavy atom. The van der Waals surface area contributed by atoms with Gasteiger partial charge in [-0.25, -0.2) is 19.8 Å². The van der Waals surface area contributed by atoms with E-state index in [0.717, 1.165) is 14.2 Å². The summed E-state index contributed by atoms with van der Waals surface area (Å²) in [5.41, 5.74) is 4.27. The van der Waals surface area contributed by atoms with Gasteiger partial charge in [0.05, 0.1) is 39.1 Å². The number of allylic oxidation sites excluding steroid dienone is 2. The number of halogens is 1. The van der Waals surface area contributed by atoms with Crippen LogP contribution in [-0.4, -0.2) is 51.9 Å². The molecular formula is C22H24ClN3O8. The number of anilines is 1. The molecule has 0 atom stereocenters. The largest absolute Gasteiger partial charge is 0.494 e. The third kappa shape index (κ3) is 5.49. The molecule has 0 fully saturated rings. The van der Waals surface area contributed by atoms with Gasteiger partial charge in [-0.05, 0) is 31.6 Å². The number of carbonyl (C=O) groups is 4. The van der Waals surface area contributed by atoms with Crippen molar-refractivity contribution in [3.8, 4) is 5.75 Å². The molecule has 11 nitrogen and oxygen atoms in total. The van der Waals surface area contributed by atoms with Crippen molar-refractivity contribution >= 4 is 41.2 Å². The Kier molecular flexibility index (Phi) is 9.08. The minimum Gasteiger partial charge on any atom is -0.494 e. The number of carbonyl (C=O) groups excluding carboxylic acids is 4.